The summed E-state index contributed by atoms with van der Waals surface area (Å²) in [6.45, 7) is 27.9. The molecule has 13 nitrogen and oxygen atoms in total. The molecule has 0 aromatic heterocycles. The van der Waals surface area contributed by atoms with E-state index in [-0.39, 0.29) is 72.1 Å². The number of ketones is 2. The van der Waals surface area contributed by atoms with Crippen LogP contribution >= 0.6 is 0 Å². The van der Waals surface area contributed by atoms with Gasteiger partial charge in [-0.2, -0.15) is 0 Å². The Bertz CT molecular complexity index is 1710. The molecule has 0 aromatic carbocycles. The number of fused-ring (bicyclic) bond motifs is 3. The fourth-order valence-electron chi connectivity index (χ4n) is 12.4. The molecule has 0 spiro atoms. The van der Waals surface area contributed by atoms with Gasteiger partial charge in [-0.05, 0) is 119 Å². The van der Waals surface area contributed by atoms with Gasteiger partial charge in [0.05, 0.1) is 30.5 Å². The average molecular weight is 976 g/mol. The number of hydrogen-bond donors (Lipinski definition) is 2. The van der Waals surface area contributed by atoms with Gasteiger partial charge in [0.15, 0.2) is 0 Å². The number of aliphatic hydroxyl groups excluding tert-OH is 1. The van der Waals surface area contributed by atoms with Crippen LogP contribution in [0.2, 0.25) is 16.6 Å². The molecule has 3 heterocycles. The summed E-state index contributed by atoms with van der Waals surface area (Å²) < 4.78 is 38.8. The third-order valence-electron chi connectivity index (χ3n) is 16.2. The molecule has 0 radical (unpaired) electrons. The molecule has 390 valence electrons. The van der Waals surface area contributed by atoms with Crippen LogP contribution in [0.15, 0.2) is 23.3 Å². The first-order valence-electron chi connectivity index (χ1n) is 26.4. The summed E-state index contributed by atoms with van der Waals surface area (Å²) in [7, 11) is 0.472. The zero-order valence-electron chi connectivity index (χ0n) is 44.7. The lowest BCUT2D eigenvalue weighted by atomic mass is 9.81. The van der Waals surface area contributed by atoms with Gasteiger partial charge in [-0.25, -0.2) is 4.79 Å². The molecule has 1 saturated carbocycles. The molecule has 3 fully saturated rings. The number of cyclic esters (lactones) is 1. The van der Waals surface area contributed by atoms with Crippen molar-refractivity contribution in [2.24, 2.45) is 29.6 Å². The van der Waals surface area contributed by atoms with Crippen molar-refractivity contribution in [3.05, 3.63) is 23.3 Å². The Morgan fingerprint density at radius 3 is 2.10 bits per heavy atom. The number of carbonyl (C=O) groups excluding carboxylic acids is 4. The van der Waals surface area contributed by atoms with Gasteiger partial charge in [0.2, 0.25) is 14.1 Å². The van der Waals surface area contributed by atoms with Gasteiger partial charge in [-0.3, -0.25) is 14.4 Å². The van der Waals surface area contributed by atoms with E-state index in [1.165, 1.54) is 4.90 Å². The Morgan fingerprint density at radius 2 is 1.51 bits per heavy atom. The van der Waals surface area contributed by atoms with E-state index in [1.54, 1.807) is 21.1 Å². The maximum absolute atomic E-state index is 15.0. The third kappa shape index (κ3) is 13.6. The SMILES string of the molecule is CCCOC1CC(C=C(C)C2OC(=O)C3CCCCN3C(=O)C(=O)C3(O)OC(C(OC)CC(C)CC(C)=CC(CC)C(=O)CC(O[Si](C(C)C)(C(C)C)C(C)C)C2C)C(OC)CC3C)CCC1O. The van der Waals surface area contributed by atoms with Crippen molar-refractivity contribution in [3.63, 3.8) is 0 Å². The number of hydrogen-bond acceptors (Lipinski definition) is 12. The van der Waals surface area contributed by atoms with Crippen LogP contribution in [0.4, 0.5) is 0 Å². The molecule has 4 rings (SSSR count). The van der Waals surface area contributed by atoms with Crippen molar-refractivity contribution in [1.29, 1.82) is 0 Å². The van der Waals surface area contributed by atoms with Crippen LogP contribution in [-0.2, 0) is 47.3 Å². The number of methoxy groups -OCH3 is 2. The first kappa shape index (κ1) is 58.3. The van der Waals surface area contributed by atoms with Crippen molar-refractivity contribution >= 4 is 31.8 Å². The third-order valence-corrected chi connectivity index (χ3v) is 22.3. The van der Waals surface area contributed by atoms with Gasteiger partial charge in [-0.15, -0.1) is 0 Å². The molecule has 1 aliphatic carbocycles. The van der Waals surface area contributed by atoms with Gasteiger partial charge in [-0.1, -0.05) is 93.9 Å². The standard InChI is InChI=1S/C54H93NO12Si/c1-16-24-64-46-30-40(21-22-43(46)56)28-37(11)49-39(13)45(67-68(32(3)4,33(5)6)34(7)8)31-44(57)41(17-2)26-35(9)25-36(10)27-47(62-14)50-48(63-15)29-38(12)54(61,66-50)51(58)52(59)55-23-19-18-20-42(55)53(60)65-49/h26,28,32-34,36,38-43,45-50,56,61H,16-25,27,29-31H2,1-15H3. The number of rotatable bonds is 13. The number of Topliss-reactive ketones (excluding diaryl/α,β-unsaturated/α-hetero) is 2. The van der Waals surface area contributed by atoms with E-state index in [0.717, 1.165) is 24.0 Å². The maximum atomic E-state index is 15.0. The highest BCUT2D eigenvalue weighted by Crippen LogP contribution is 2.46. The highest BCUT2D eigenvalue weighted by Gasteiger charge is 2.57. The van der Waals surface area contributed by atoms with Crippen molar-refractivity contribution in [2.75, 3.05) is 27.4 Å². The minimum Gasteiger partial charge on any atom is -0.456 e. The van der Waals surface area contributed by atoms with E-state index in [9.17, 15) is 24.6 Å². The largest absolute Gasteiger partial charge is 0.456 e. The zero-order valence-corrected chi connectivity index (χ0v) is 45.7. The van der Waals surface area contributed by atoms with Crippen LogP contribution in [-0.4, -0.2) is 129 Å². The number of allylic oxidation sites excluding steroid dienone is 3. The first-order chi connectivity index (χ1) is 32.0. The van der Waals surface area contributed by atoms with Crippen LogP contribution < -0.4 is 0 Å². The summed E-state index contributed by atoms with van der Waals surface area (Å²) in [5.74, 6) is -6.87. The second-order valence-electron chi connectivity index (χ2n) is 22.2. The van der Waals surface area contributed by atoms with E-state index in [1.807, 2.05) is 27.7 Å². The highest BCUT2D eigenvalue weighted by molar-refractivity contribution is 6.77. The quantitative estimate of drug-likeness (QED) is 0.0778. The molecule has 14 atom stereocenters. The molecular formula is C54H93NO12Si. The van der Waals surface area contributed by atoms with Gasteiger partial charge < -0.3 is 43.2 Å². The topological polar surface area (TPSA) is 167 Å². The second kappa shape index (κ2) is 25.9. The number of ether oxygens (including phenoxy) is 5. The zero-order chi connectivity index (χ0) is 50.8. The minimum absolute atomic E-state index is 0.0237. The summed E-state index contributed by atoms with van der Waals surface area (Å²) in [6, 6.07) is -1.11. The first-order valence-corrected chi connectivity index (χ1v) is 28.5. The number of esters is 1. The van der Waals surface area contributed by atoms with E-state index < -0.39 is 86.3 Å². The summed E-state index contributed by atoms with van der Waals surface area (Å²) >= 11 is 0. The molecule has 1 amide bonds. The number of piperidine rings is 1. The molecule has 0 aromatic rings. The molecule has 14 heteroatoms. The van der Waals surface area contributed by atoms with Crippen LogP contribution in [0, 0.1) is 29.6 Å². The predicted octanol–water partition coefficient (Wildman–Crippen LogP) is 9.45. The van der Waals surface area contributed by atoms with Crippen LogP contribution in [0.25, 0.3) is 0 Å². The average Bonchev–Trinajstić information content (AvgIpc) is 3.29. The Labute approximate surface area is 411 Å². The lowest BCUT2D eigenvalue weighted by molar-refractivity contribution is -0.302. The molecular weight excluding hydrogens is 883 g/mol. The number of aliphatic hydroxyl groups is 2. The fraction of sp³-hybridized carbons (Fsp3) is 0.852. The lowest BCUT2D eigenvalue weighted by Gasteiger charge is -2.47. The van der Waals surface area contributed by atoms with E-state index in [0.29, 0.717) is 51.6 Å². The highest BCUT2D eigenvalue weighted by atomic mass is 28.4. The minimum atomic E-state index is -2.65. The molecule has 2 bridgehead atoms. The predicted molar refractivity (Wildman–Crippen MR) is 267 cm³/mol. The number of amides is 1. The lowest BCUT2D eigenvalue weighted by Crippen LogP contribution is -2.64. The molecule has 14 unspecified atom stereocenters. The summed E-state index contributed by atoms with van der Waals surface area (Å²) in [5, 5.41) is 23.2. The van der Waals surface area contributed by atoms with E-state index in [2.05, 4.69) is 67.5 Å². The van der Waals surface area contributed by atoms with E-state index in [4.69, 9.17) is 28.1 Å². The van der Waals surface area contributed by atoms with Gasteiger partial charge in [0.1, 0.15) is 24.0 Å². The van der Waals surface area contributed by atoms with Gasteiger partial charge in [0.25, 0.3) is 11.7 Å². The Morgan fingerprint density at radius 1 is 0.882 bits per heavy atom. The van der Waals surface area contributed by atoms with Crippen LogP contribution in [0.3, 0.4) is 0 Å². The van der Waals surface area contributed by atoms with Crippen molar-refractivity contribution in [3.8, 4) is 0 Å². The normalized spacial score (nSPS) is 36.1. The van der Waals surface area contributed by atoms with Crippen LogP contribution in [0.1, 0.15) is 167 Å². The smallest absolute Gasteiger partial charge is 0.329 e. The van der Waals surface area contributed by atoms with Crippen molar-refractivity contribution in [1.82, 2.24) is 4.90 Å². The Hall–Kier alpha value is -2.30. The summed E-state index contributed by atoms with van der Waals surface area (Å²) in [5.41, 5.74) is 2.48. The summed E-state index contributed by atoms with van der Waals surface area (Å²) in [6.07, 6.45) is 6.09. The molecule has 2 N–H and O–H groups in total. The number of carbonyl (C=O) groups is 4. The second-order valence-corrected chi connectivity index (χ2v) is 27.6. The Kier molecular flexibility index (Phi) is 22.2. The molecule has 68 heavy (non-hydrogen) atoms. The molecule has 3 aliphatic heterocycles. The van der Waals surface area contributed by atoms with Crippen molar-refractivity contribution < 1.29 is 57.5 Å². The molecule has 4 aliphatic rings. The van der Waals surface area contributed by atoms with Gasteiger partial charge >= 0.3 is 5.97 Å². The van der Waals surface area contributed by atoms with Crippen LogP contribution in [0.5, 0.6) is 0 Å². The van der Waals surface area contributed by atoms with E-state index >= 15 is 4.79 Å². The maximum Gasteiger partial charge on any atom is 0.329 e. The fourth-order valence-corrected chi connectivity index (χ4v) is 18.0. The molecule has 2 saturated heterocycles. The Balaban J connectivity index is 1.93. The monoisotopic (exact) mass is 976 g/mol. The number of nitrogens with zero attached hydrogens (tertiary/aromatic N) is 1. The summed E-state index contributed by atoms with van der Waals surface area (Å²) in [4.78, 5) is 60.4. The van der Waals surface area contributed by atoms with Crippen molar-refractivity contribution in [2.45, 2.75) is 238 Å². The van der Waals surface area contributed by atoms with Gasteiger partial charge in [0, 0.05) is 51.5 Å².